The van der Waals surface area contributed by atoms with Crippen LogP contribution in [-0.2, 0) is 6.54 Å². The number of amides is 1. The number of hydrogen-bond donors (Lipinski definition) is 2. The Morgan fingerprint density at radius 1 is 1.59 bits per heavy atom. The lowest BCUT2D eigenvalue weighted by molar-refractivity contribution is 0.0944. The molecule has 7 heteroatoms. The number of rotatable bonds is 3. The molecule has 0 spiro atoms. The highest BCUT2D eigenvalue weighted by Gasteiger charge is 2.10. The normalized spacial score (nSPS) is 10.2. The third-order valence-electron chi connectivity index (χ3n) is 2.03. The zero-order chi connectivity index (χ0) is 12.3. The molecule has 2 aromatic rings. The molecule has 0 saturated carbocycles. The van der Waals surface area contributed by atoms with Gasteiger partial charge in [-0.2, -0.15) is 4.98 Å². The molecule has 2 heterocycles. The minimum absolute atomic E-state index is 0.0451. The molecule has 1 amide bonds. The third-order valence-corrected chi connectivity index (χ3v) is 2.03. The van der Waals surface area contributed by atoms with Gasteiger partial charge in [0.2, 0.25) is 5.89 Å². The van der Waals surface area contributed by atoms with Gasteiger partial charge in [-0.15, -0.1) is 0 Å². The Morgan fingerprint density at radius 2 is 2.41 bits per heavy atom. The molecule has 0 unspecified atom stereocenters. The molecule has 88 valence electrons. The van der Waals surface area contributed by atoms with Crippen LogP contribution in [0.25, 0.3) is 0 Å². The predicted molar refractivity (Wildman–Crippen MR) is 57.3 cm³/mol. The van der Waals surface area contributed by atoms with Gasteiger partial charge in [0.15, 0.2) is 5.82 Å². The fourth-order valence-electron chi connectivity index (χ4n) is 1.26. The number of pyridine rings is 1. The van der Waals surface area contributed by atoms with Crippen molar-refractivity contribution in [2.24, 2.45) is 0 Å². The van der Waals surface area contributed by atoms with E-state index >= 15 is 0 Å². The highest BCUT2D eigenvalue weighted by molar-refractivity contribution is 5.93. The van der Waals surface area contributed by atoms with Gasteiger partial charge in [0.25, 0.3) is 11.5 Å². The second-order valence-electron chi connectivity index (χ2n) is 3.33. The molecule has 0 aliphatic heterocycles. The molecular weight excluding hydrogens is 224 g/mol. The van der Waals surface area contributed by atoms with Gasteiger partial charge in [-0.3, -0.25) is 9.59 Å². The van der Waals surface area contributed by atoms with Crippen molar-refractivity contribution in [2.75, 3.05) is 0 Å². The van der Waals surface area contributed by atoms with E-state index in [1.54, 1.807) is 13.0 Å². The maximum Gasteiger partial charge on any atom is 0.260 e. The van der Waals surface area contributed by atoms with Crippen LogP contribution in [0, 0.1) is 6.92 Å². The summed E-state index contributed by atoms with van der Waals surface area (Å²) in [7, 11) is 0. The van der Waals surface area contributed by atoms with E-state index in [1.165, 1.54) is 12.3 Å². The Hall–Kier alpha value is -2.44. The standard InChI is InChI=1S/C10H10N4O3/c1-6-13-8(17-14-6)5-12-10(16)7-3-2-4-11-9(7)15/h2-4H,5H2,1H3,(H,11,15)(H,12,16). The van der Waals surface area contributed by atoms with Crippen LogP contribution in [0.15, 0.2) is 27.6 Å². The lowest BCUT2D eigenvalue weighted by Crippen LogP contribution is -2.28. The number of aromatic nitrogens is 3. The monoisotopic (exact) mass is 234 g/mol. The van der Waals surface area contributed by atoms with Crippen molar-refractivity contribution >= 4 is 5.91 Å². The van der Waals surface area contributed by atoms with Crippen LogP contribution in [0.2, 0.25) is 0 Å². The Morgan fingerprint density at radius 3 is 3.06 bits per heavy atom. The number of carbonyl (C=O) groups excluding carboxylic acids is 1. The zero-order valence-electron chi connectivity index (χ0n) is 9.06. The third kappa shape index (κ3) is 2.57. The molecule has 0 saturated heterocycles. The molecule has 0 aliphatic rings. The Kier molecular flexibility index (Phi) is 2.99. The molecular formula is C10H10N4O3. The van der Waals surface area contributed by atoms with E-state index in [0.29, 0.717) is 11.7 Å². The van der Waals surface area contributed by atoms with E-state index in [1.807, 2.05) is 0 Å². The van der Waals surface area contributed by atoms with Crippen molar-refractivity contribution in [3.05, 3.63) is 46.0 Å². The van der Waals surface area contributed by atoms with Crippen LogP contribution in [0.3, 0.4) is 0 Å². The molecule has 0 aliphatic carbocycles. The number of H-pyrrole nitrogens is 1. The quantitative estimate of drug-likeness (QED) is 0.778. The lowest BCUT2D eigenvalue weighted by Gasteiger charge is -2.00. The first-order chi connectivity index (χ1) is 8.16. The molecule has 0 radical (unpaired) electrons. The first-order valence-corrected chi connectivity index (χ1v) is 4.92. The van der Waals surface area contributed by atoms with Gasteiger partial charge < -0.3 is 14.8 Å². The minimum atomic E-state index is -0.484. The average molecular weight is 234 g/mol. The van der Waals surface area contributed by atoms with E-state index in [4.69, 9.17) is 4.52 Å². The van der Waals surface area contributed by atoms with Crippen LogP contribution >= 0.6 is 0 Å². The molecule has 0 aromatic carbocycles. The fourth-order valence-corrected chi connectivity index (χ4v) is 1.26. The lowest BCUT2D eigenvalue weighted by atomic mass is 10.2. The number of nitrogens with one attached hydrogen (secondary N) is 2. The van der Waals surface area contributed by atoms with Crippen molar-refractivity contribution in [1.82, 2.24) is 20.4 Å². The largest absolute Gasteiger partial charge is 0.343 e. The molecule has 17 heavy (non-hydrogen) atoms. The summed E-state index contributed by atoms with van der Waals surface area (Å²) < 4.78 is 4.82. The van der Waals surface area contributed by atoms with Crippen molar-refractivity contribution in [3.63, 3.8) is 0 Å². The van der Waals surface area contributed by atoms with E-state index in [0.717, 1.165) is 0 Å². The maximum atomic E-state index is 11.6. The molecule has 2 rings (SSSR count). The molecule has 7 nitrogen and oxygen atoms in total. The summed E-state index contributed by atoms with van der Waals surface area (Å²) in [5.74, 6) is 0.303. The van der Waals surface area contributed by atoms with Crippen LogP contribution < -0.4 is 10.9 Å². The number of aryl methyl sites for hydroxylation is 1. The number of hydrogen-bond acceptors (Lipinski definition) is 5. The summed E-state index contributed by atoms with van der Waals surface area (Å²) in [6, 6.07) is 3.01. The van der Waals surface area contributed by atoms with Crippen LogP contribution in [0.5, 0.6) is 0 Å². The SMILES string of the molecule is Cc1noc(CNC(=O)c2ccc[nH]c2=O)n1. The van der Waals surface area contributed by atoms with Crippen molar-refractivity contribution < 1.29 is 9.32 Å². The molecule has 2 N–H and O–H groups in total. The number of aromatic amines is 1. The topological polar surface area (TPSA) is 101 Å². The highest BCUT2D eigenvalue weighted by atomic mass is 16.5. The number of carbonyl (C=O) groups is 1. The Balaban J connectivity index is 2.03. The van der Waals surface area contributed by atoms with E-state index < -0.39 is 11.5 Å². The van der Waals surface area contributed by atoms with Gasteiger partial charge in [0.1, 0.15) is 5.56 Å². The summed E-state index contributed by atoms with van der Waals surface area (Å²) in [5.41, 5.74) is -0.393. The highest BCUT2D eigenvalue weighted by Crippen LogP contribution is 1.96. The second kappa shape index (κ2) is 4.60. The van der Waals surface area contributed by atoms with Crippen molar-refractivity contribution in [1.29, 1.82) is 0 Å². The van der Waals surface area contributed by atoms with Crippen molar-refractivity contribution in [3.8, 4) is 0 Å². The zero-order valence-corrected chi connectivity index (χ0v) is 9.06. The van der Waals surface area contributed by atoms with E-state index in [9.17, 15) is 9.59 Å². The maximum absolute atomic E-state index is 11.6. The van der Waals surface area contributed by atoms with Gasteiger partial charge in [-0.1, -0.05) is 5.16 Å². The fraction of sp³-hybridized carbons (Fsp3) is 0.200. The smallest absolute Gasteiger partial charge is 0.260 e. The van der Waals surface area contributed by atoms with Gasteiger partial charge in [-0.25, -0.2) is 0 Å². The van der Waals surface area contributed by atoms with Gasteiger partial charge in [0, 0.05) is 6.20 Å². The molecule has 0 atom stereocenters. The van der Waals surface area contributed by atoms with Crippen LogP contribution in [-0.4, -0.2) is 21.0 Å². The molecule has 0 fully saturated rings. The average Bonchev–Trinajstić information content (AvgIpc) is 2.73. The Bertz CT molecular complexity index is 587. The predicted octanol–water partition coefficient (Wildman–Crippen LogP) is -0.00368. The Labute approximate surface area is 95.9 Å². The van der Waals surface area contributed by atoms with Crippen LogP contribution in [0.4, 0.5) is 0 Å². The van der Waals surface area contributed by atoms with E-state index in [2.05, 4.69) is 20.4 Å². The first-order valence-electron chi connectivity index (χ1n) is 4.92. The van der Waals surface area contributed by atoms with E-state index in [-0.39, 0.29) is 12.1 Å². The summed E-state index contributed by atoms with van der Waals surface area (Å²) in [6.07, 6.45) is 1.46. The summed E-state index contributed by atoms with van der Waals surface area (Å²) >= 11 is 0. The summed E-state index contributed by atoms with van der Waals surface area (Å²) in [4.78, 5) is 29.3. The van der Waals surface area contributed by atoms with Crippen molar-refractivity contribution in [2.45, 2.75) is 13.5 Å². The second-order valence-corrected chi connectivity index (χ2v) is 3.33. The minimum Gasteiger partial charge on any atom is -0.343 e. The molecule has 2 aromatic heterocycles. The van der Waals surface area contributed by atoms with Gasteiger partial charge in [-0.05, 0) is 19.1 Å². The summed E-state index contributed by atoms with van der Waals surface area (Å²) in [5, 5.41) is 6.09. The van der Waals surface area contributed by atoms with Crippen LogP contribution in [0.1, 0.15) is 22.1 Å². The van der Waals surface area contributed by atoms with Gasteiger partial charge in [0.05, 0.1) is 6.54 Å². The first kappa shape index (κ1) is 11.1. The summed E-state index contributed by atoms with van der Waals surface area (Å²) in [6.45, 7) is 1.77. The van der Waals surface area contributed by atoms with Gasteiger partial charge >= 0.3 is 0 Å². The molecule has 0 bridgehead atoms. The number of nitrogens with zero attached hydrogens (tertiary/aromatic N) is 2.